The zero-order chi connectivity index (χ0) is 18.7. The number of nitrogens with one attached hydrogen (secondary N) is 1. The summed E-state index contributed by atoms with van der Waals surface area (Å²) >= 11 is 4.46. The molecular weight excluding hydrogens is 436 g/mol. The zero-order valence-corrected chi connectivity index (χ0v) is 17.0. The summed E-state index contributed by atoms with van der Waals surface area (Å²) in [6.07, 6.45) is 6.68. The number of hydrogen-bond donors (Lipinski definition) is 1. The lowest BCUT2D eigenvalue weighted by molar-refractivity contribution is -0.120. The van der Waals surface area contributed by atoms with Crippen LogP contribution in [-0.4, -0.2) is 31.7 Å². The number of thiophene rings is 1. The Morgan fingerprint density at radius 1 is 1.35 bits per heavy atom. The van der Waals surface area contributed by atoms with Gasteiger partial charge in [0, 0.05) is 24.3 Å². The van der Waals surface area contributed by atoms with Gasteiger partial charge in [0.2, 0.25) is 5.91 Å². The van der Waals surface area contributed by atoms with Gasteiger partial charge in [-0.3, -0.25) is 4.79 Å². The van der Waals surface area contributed by atoms with Gasteiger partial charge in [-0.05, 0) is 59.1 Å². The van der Waals surface area contributed by atoms with Crippen molar-refractivity contribution in [2.75, 3.05) is 18.4 Å². The number of piperidine rings is 1. The fraction of sp³-hybridized carbons (Fsp3) is 0.278. The summed E-state index contributed by atoms with van der Waals surface area (Å²) in [4.78, 5) is 12.6. The highest BCUT2D eigenvalue weighted by Crippen LogP contribution is 2.31. The molecule has 0 bridgehead atoms. The van der Waals surface area contributed by atoms with E-state index in [4.69, 9.17) is 6.42 Å². The van der Waals surface area contributed by atoms with Crippen molar-refractivity contribution in [1.82, 2.24) is 4.31 Å². The van der Waals surface area contributed by atoms with Crippen LogP contribution in [0.15, 0.2) is 44.4 Å². The zero-order valence-electron chi connectivity index (χ0n) is 13.8. The number of amides is 1. The average Bonchev–Trinajstić information content (AvgIpc) is 3.09. The third-order valence-corrected chi connectivity index (χ3v) is 8.15. The van der Waals surface area contributed by atoms with Crippen LogP contribution in [0.3, 0.4) is 0 Å². The van der Waals surface area contributed by atoms with Crippen molar-refractivity contribution >= 4 is 48.9 Å². The third-order valence-electron chi connectivity index (χ3n) is 4.19. The molecule has 8 heteroatoms. The summed E-state index contributed by atoms with van der Waals surface area (Å²) in [5, 5.41) is 2.84. The van der Waals surface area contributed by atoms with Gasteiger partial charge in [-0.2, -0.15) is 4.31 Å². The van der Waals surface area contributed by atoms with Gasteiger partial charge in [-0.1, -0.05) is 12.0 Å². The van der Waals surface area contributed by atoms with Crippen molar-refractivity contribution in [2.24, 2.45) is 5.92 Å². The number of carbonyl (C=O) groups is 1. The first-order valence-electron chi connectivity index (χ1n) is 8.03. The molecule has 0 spiro atoms. The van der Waals surface area contributed by atoms with Gasteiger partial charge in [-0.15, -0.1) is 17.8 Å². The maximum Gasteiger partial charge on any atom is 0.252 e. The largest absolute Gasteiger partial charge is 0.326 e. The maximum absolute atomic E-state index is 12.8. The number of halogens is 1. The molecule has 3 rings (SSSR count). The summed E-state index contributed by atoms with van der Waals surface area (Å²) in [6.45, 7) is 0.604. The van der Waals surface area contributed by atoms with Gasteiger partial charge in [-0.25, -0.2) is 8.42 Å². The minimum atomic E-state index is -3.58. The van der Waals surface area contributed by atoms with E-state index in [2.05, 4.69) is 27.2 Å². The highest BCUT2D eigenvalue weighted by atomic mass is 79.9. The second kappa shape index (κ2) is 7.92. The fourth-order valence-corrected chi connectivity index (χ4v) is 6.56. The SMILES string of the molecule is C#Cc1cccc(NC(=O)C2CCCN(S(=O)(=O)c3ccc(Br)s3)C2)c1. The summed E-state index contributed by atoms with van der Waals surface area (Å²) in [5.41, 5.74) is 1.30. The number of carbonyl (C=O) groups excluding carboxylic acids is 1. The highest BCUT2D eigenvalue weighted by molar-refractivity contribution is 9.11. The summed E-state index contributed by atoms with van der Waals surface area (Å²) in [6, 6.07) is 10.3. The average molecular weight is 453 g/mol. The topological polar surface area (TPSA) is 66.5 Å². The maximum atomic E-state index is 12.8. The van der Waals surface area contributed by atoms with Crippen LogP contribution in [-0.2, 0) is 14.8 Å². The quantitative estimate of drug-likeness (QED) is 0.721. The second-order valence-electron chi connectivity index (χ2n) is 5.98. The number of hydrogen-bond acceptors (Lipinski definition) is 4. The molecule has 2 heterocycles. The molecule has 26 heavy (non-hydrogen) atoms. The van der Waals surface area contributed by atoms with Gasteiger partial charge < -0.3 is 5.32 Å². The number of terminal acetylenes is 1. The van der Waals surface area contributed by atoms with Gasteiger partial charge in [0.1, 0.15) is 4.21 Å². The molecule has 1 aliphatic heterocycles. The van der Waals surface area contributed by atoms with Gasteiger partial charge in [0.25, 0.3) is 10.0 Å². The summed E-state index contributed by atoms with van der Waals surface area (Å²) in [5.74, 6) is 1.95. The Morgan fingerprint density at radius 3 is 2.85 bits per heavy atom. The molecule has 0 radical (unpaired) electrons. The first-order chi connectivity index (χ1) is 12.4. The van der Waals surface area contributed by atoms with E-state index in [0.29, 0.717) is 30.6 Å². The Kier molecular flexibility index (Phi) is 5.82. The molecule has 0 aliphatic carbocycles. The van der Waals surface area contributed by atoms with Crippen LogP contribution in [0.4, 0.5) is 5.69 Å². The molecule has 2 aromatic rings. The van der Waals surface area contributed by atoms with E-state index in [1.807, 2.05) is 0 Å². The normalized spacial score (nSPS) is 18.2. The lowest BCUT2D eigenvalue weighted by Gasteiger charge is -2.30. The van der Waals surface area contributed by atoms with Crippen molar-refractivity contribution < 1.29 is 13.2 Å². The molecular formula is C18H17BrN2O3S2. The minimum Gasteiger partial charge on any atom is -0.326 e. The predicted octanol–water partition coefficient (Wildman–Crippen LogP) is 3.53. The molecule has 1 aromatic heterocycles. The van der Waals surface area contributed by atoms with E-state index >= 15 is 0 Å². The van der Waals surface area contributed by atoms with Crippen LogP contribution in [0.2, 0.25) is 0 Å². The fourth-order valence-electron chi connectivity index (χ4n) is 2.87. The third kappa shape index (κ3) is 4.18. The summed E-state index contributed by atoms with van der Waals surface area (Å²) < 4.78 is 28.0. The lowest BCUT2D eigenvalue weighted by Crippen LogP contribution is -2.43. The van der Waals surface area contributed by atoms with E-state index in [1.54, 1.807) is 36.4 Å². The molecule has 136 valence electrons. The Hall–Kier alpha value is -1.66. The molecule has 1 aromatic carbocycles. The lowest BCUT2D eigenvalue weighted by atomic mass is 9.98. The van der Waals surface area contributed by atoms with Gasteiger partial charge in [0.05, 0.1) is 9.70 Å². The Bertz CT molecular complexity index is 963. The Labute approximate surface area is 165 Å². The van der Waals surface area contributed by atoms with Crippen LogP contribution in [0.5, 0.6) is 0 Å². The van der Waals surface area contributed by atoms with Crippen LogP contribution >= 0.6 is 27.3 Å². The monoisotopic (exact) mass is 452 g/mol. The number of sulfonamides is 1. The van der Waals surface area contributed by atoms with E-state index in [1.165, 1.54) is 15.6 Å². The first kappa shape index (κ1) is 19.1. The standard InChI is InChI=1S/C18H17BrN2O3S2/c1-2-13-5-3-7-15(11-13)20-18(22)14-6-4-10-21(12-14)26(23,24)17-9-8-16(19)25-17/h1,3,5,7-9,11,14H,4,6,10,12H2,(H,20,22). The molecule has 1 fully saturated rings. The Balaban J connectivity index is 1.71. The molecule has 1 aliphatic rings. The van der Waals surface area contributed by atoms with Crippen LogP contribution in [0.1, 0.15) is 18.4 Å². The van der Waals surface area contributed by atoms with E-state index in [-0.39, 0.29) is 16.7 Å². The number of benzene rings is 1. The van der Waals surface area contributed by atoms with E-state index in [0.717, 1.165) is 3.79 Å². The number of nitrogens with zero attached hydrogens (tertiary/aromatic N) is 1. The van der Waals surface area contributed by atoms with Crippen molar-refractivity contribution in [1.29, 1.82) is 0 Å². The predicted molar refractivity (Wildman–Crippen MR) is 107 cm³/mol. The van der Waals surface area contributed by atoms with Gasteiger partial charge in [0.15, 0.2) is 0 Å². The van der Waals surface area contributed by atoms with Crippen molar-refractivity contribution in [3.8, 4) is 12.3 Å². The van der Waals surface area contributed by atoms with E-state index in [9.17, 15) is 13.2 Å². The molecule has 1 saturated heterocycles. The van der Waals surface area contributed by atoms with Gasteiger partial charge >= 0.3 is 0 Å². The minimum absolute atomic E-state index is 0.179. The molecule has 5 nitrogen and oxygen atoms in total. The van der Waals surface area contributed by atoms with E-state index < -0.39 is 15.9 Å². The smallest absolute Gasteiger partial charge is 0.252 e. The van der Waals surface area contributed by atoms with Crippen LogP contribution < -0.4 is 5.32 Å². The molecule has 1 unspecified atom stereocenters. The van der Waals surface area contributed by atoms with Crippen molar-refractivity contribution in [3.05, 3.63) is 45.7 Å². The molecule has 1 N–H and O–H groups in total. The molecule has 0 saturated carbocycles. The van der Waals surface area contributed by atoms with Crippen LogP contribution in [0, 0.1) is 18.3 Å². The number of anilines is 1. The first-order valence-corrected chi connectivity index (χ1v) is 11.1. The van der Waals surface area contributed by atoms with Crippen molar-refractivity contribution in [2.45, 2.75) is 17.1 Å². The van der Waals surface area contributed by atoms with Crippen molar-refractivity contribution in [3.63, 3.8) is 0 Å². The molecule has 1 atom stereocenters. The highest BCUT2D eigenvalue weighted by Gasteiger charge is 2.34. The molecule has 1 amide bonds. The number of rotatable bonds is 4. The summed E-state index contributed by atoms with van der Waals surface area (Å²) in [7, 11) is -3.58. The second-order valence-corrected chi connectivity index (χ2v) is 10.6. The van der Waals surface area contributed by atoms with Crippen LogP contribution in [0.25, 0.3) is 0 Å². The Morgan fingerprint density at radius 2 is 2.15 bits per heavy atom.